The number of quaternary nitrogens is 1. The van der Waals surface area contributed by atoms with Crippen LogP contribution >= 0.6 is 0 Å². The normalized spacial score (nSPS) is 14.3. The Hall–Kier alpha value is 0.210. The van der Waals surface area contributed by atoms with Crippen molar-refractivity contribution in [3.05, 3.63) is 0 Å². The molecule has 3 heteroatoms. The van der Waals surface area contributed by atoms with Crippen molar-refractivity contribution < 1.29 is 21.6 Å². The third-order valence-electron chi connectivity index (χ3n) is 1.43. The van der Waals surface area contributed by atoms with Gasteiger partial charge in [-0.3, -0.25) is 0 Å². The van der Waals surface area contributed by atoms with E-state index in [0.717, 1.165) is 4.48 Å². The first kappa shape index (κ1) is 11.9. The molecule has 0 spiro atoms. The van der Waals surface area contributed by atoms with Gasteiger partial charge >= 0.3 is 0 Å². The van der Waals surface area contributed by atoms with Gasteiger partial charge in [-0.15, -0.1) is 0 Å². The highest BCUT2D eigenvalue weighted by Gasteiger charge is 2.15. The molecule has 0 fully saturated rings. The van der Waals surface area contributed by atoms with Crippen molar-refractivity contribution in [3.63, 3.8) is 0 Å². The third kappa shape index (κ3) is 4.70. The minimum atomic E-state index is 0. The van der Waals surface area contributed by atoms with Crippen molar-refractivity contribution in [3.8, 4) is 0 Å². The Labute approximate surface area is 63.8 Å². The Morgan fingerprint density at radius 3 is 1.56 bits per heavy atom. The number of rotatable bonds is 2. The molecular weight excluding hydrogens is 138 g/mol. The van der Waals surface area contributed by atoms with Crippen LogP contribution in [0.5, 0.6) is 0 Å². The molecule has 0 aromatic heterocycles. The average molecular weight is 154 g/mol. The van der Waals surface area contributed by atoms with E-state index in [4.69, 9.17) is 4.74 Å². The summed E-state index contributed by atoms with van der Waals surface area (Å²) in [7, 11) is 8.05. The van der Waals surface area contributed by atoms with Crippen LogP contribution in [0.4, 0.5) is 0 Å². The molecule has 0 radical (unpaired) electrons. The predicted molar refractivity (Wildman–Crippen MR) is 34.5 cm³/mol. The Bertz CT molecular complexity index is 69.9. The summed E-state index contributed by atoms with van der Waals surface area (Å²) in [5.74, 6) is 0. The first-order valence-corrected chi connectivity index (χ1v) is 2.82. The predicted octanol–water partition coefficient (Wildman–Crippen LogP) is -2.31. The van der Waals surface area contributed by atoms with E-state index >= 15 is 0 Å². The highest BCUT2D eigenvalue weighted by Crippen LogP contribution is 2.00. The fourth-order valence-electron chi connectivity index (χ4n) is 0.316. The van der Waals surface area contributed by atoms with E-state index < -0.39 is 0 Å². The monoisotopic (exact) mass is 153 g/mol. The summed E-state index contributed by atoms with van der Waals surface area (Å²) in [6.45, 7) is 2.06. The van der Waals surface area contributed by atoms with Crippen LogP contribution in [-0.4, -0.2) is 39.0 Å². The molecule has 9 heavy (non-hydrogen) atoms. The lowest BCUT2D eigenvalue weighted by molar-refractivity contribution is -0.916. The lowest BCUT2D eigenvalue weighted by atomic mass is 10.5. The molecule has 1 unspecified atom stereocenters. The van der Waals surface area contributed by atoms with Gasteiger partial charge in [-0.05, 0) is 0 Å². The van der Waals surface area contributed by atoms with Crippen LogP contribution in [0.2, 0.25) is 0 Å². The Morgan fingerprint density at radius 2 is 1.56 bits per heavy atom. The summed E-state index contributed by atoms with van der Waals surface area (Å²) < 4.78 is 5.94. The standard InChI is InChI=1S/C6H16NO.ClH/c1-6(8-5)7(2,3)4;/h6H,1-5H3;1H/q+1;/p-1. The molecule has 0 rings (SSSR count). The van der Waals surface area contributed by atoms with E-state index in [-0.39, 0.29) is 18.6 Å². The quantitative estimate of drug-likeness (QED) is 0.320. The van der Waals surface area contributed by atoms with Gasteiger partial charge < -0.3 is 21.6 Å². The van der Waals surface area contributed by atoms with E-state index in [9.17, 15) is 0 Å². The second kappa shape index (κ2) is 4.09. The zero-order valence-corrected chi connectivity index (χ0v) is 7.57. The highest BCUT2D eigenvalue weighted by molar-refractivity contribution is 4.23. The minimum absolute atomic E-state index is 0. The number of hydrogen-bond acceptors (Lipinski definition) is 1. The molecule has 0 saturated carbocycles. The van der Waals surface area contributed by atoms with Crippen molar-refractivity contribution in [2.24, 2.45) is 0 Å². The zero-order valence-electron chi connectivity index (χ0n) is 6.81. The first-order valence-electron chi connectivity index (χ1n) is 2.82. The van der Waals surface area contributed by atoms with Crippen LogP contribution in [0.1, 0.15) is 6.92 Å². The van der Waals surface area contributed by atoms with Crippen LogP contribution in [0, 0.1) is 0 Å². The second-order valence-corrected chi connectivity index (χ2v) is 2.95. The summed E-state index contributed by atoms with van der Waals surface area (Å²) in [5.41, 5.74) is 0. The molecule has 0 aromatic rings. The SMILES string of the molecule is COC(C)[N+](C)(C)C.[Cl-]. The largest absolute Gasteiger partial charge is 1.00 e. The Balaban J connectivity index is 0. The maximum absolute atomic E-state index is 5.09. The number of methoxy groups -OCH3 is 1. The molecule has 1 atom stereocenters. The molecule has 0 aliphatic rings. The number of nitrogens with zero attached hydrogens (tertiary/aromatic N) is 1. The van der Waals surface area contributed by atoms with Gasteiger partial charge in [-0.2, -0.15) is 0 Å². The summed E-state index contributed by atoms with van der Waals surface area (Å²) in [4.78, 5) is 0. The molecule has 0 aliphatic carbocycles. The Morgan fingerprint density at radius 1 is 1.22 bits per heavy atom. The smallest absolute Gasteiger partial charge is 0.189 e. The van der Waals surface area contributed by atoms with E-state index in [1.807, 2.05) is 0 Å². The van der Waals surface area contributed by atoms with Crippen LogP contribution in [-0.2, 0) is 4.74 Å². The second-order valence-electron chi connectivity index (χ2n) is 2.95. The zero-order chi connectivity index (χ0) is 6.78. The van der Waals surface area contributed by atoms with Crippen molar-refractivity contribution in [1.82, 2.24) is 0 Å². The third-order valence-corrected chi connectivity index (χ3v) is 1.43. The van der Waals surface area contributed by atoms with E-state index in [1.165, 1.54) is 0 Å². The topological polar surface area (TPSA) is 9.23 Å². The van der Waals surface area contributed by atoms with Gasteiger partial charge in [0.15, 0.2) is 6.23 Å². The van der Waals surface area contributed by atoms with Crippen LogP contribution in [0.25, 0.3) is 0 Å². The molecule has 0 bridgehead atoms. The minimum Gasteiger partial charge on any atom is -1.00 e. The molecule has 0 aromatic carbocycles. The summed E-state index contributed by atoms with van der Waals surface area (Å²) in [5, 5.41) is 0. The van der Waals surface area contributed by atoms with Gasteiger partial charge in [0.1, 0.15) is 0 Å². The summed E-state index contributed by atoms with van der Waals surface area (Å²) in [6, 6.07) is 0. The van der Waals surface area contributed by atoms with E-state index in [0.29, 0.717) is 0 Å². The average Bonchev–Trinajstić information content (AvgIpc) is 1.62. The molecular formula is C6H16ClNO. The van der Waals surface area contributed by atoms with Gasteiger partial charge in [-0.1, -0.05) is 0 Å². The molecule has 0 amide bonds. The van der Waals surface area contributed by atoms with Gasteiger partial charge in [0.25, 0.3) is 0 Å². The maximum atomic E-state index is 5.09. The van der Waals surface area contributed by atoms with Gasteiger partial charge in [0.05, 0.1) is 21.1 Å². The molecule has 0 heterocycles. The molecule has 0 N–H and O–H groups in total. The van der Waals surface area contributed by atoms with Crippen LogP contribution in [0.15, 0.2) is 0 Å². The number of ether oxygens (including phenoxy) is 1. The van der Waals surface area contributed by atoms with E-state index in [2.05, 4.69) is 28.1 Å². The first-order chi connectivity index (χ1) is 3.48. The number of halogens is 1. The van der Waals surface area contributed by atoms with Crippen molar-refractivity contribution in [2.75, 3.05) is 28.3 Å². The summed E-state index contributed by atoms with van der Waals surface area (Å²) >= 11 is 0. The van der Waals surface area contributed by atoms with Crippen molar-refractivity contribution in [2.45, 2.75) is 13.2 Å². The molecule has 58 valence electrons. The lowest BCUT2D eigenvalue weighted by Gasteiger charge is -2.29. The summed E-state index contributed by atoms with van der Waals surface area (Å²) in [6.07, 6.45) is 0.287. The van der Waals surface area contributed by atoms with E-state index in [1.54, 1.807) is 7.11 Å². The van der Waals surface area contributed by atoms with Crippen LogP contribution < -0.4 is 12.4 Å². The van der Waals surface area contributed by atoms with Crippen molar-refractivity contribution in [1.29, 1.82) is 0 Å². The fourth-order valence-corrected chi connectivity index (χ4v) is 0.316. The fraction of sp³-hybridized carbons (Fsp3) is 1.00. The highest BCUT2D eigenvalue weighted by atomic mass is 35.5. The molecule has 2 nitrogen and oxygen atoms in total. The number of hydrogen-bond donors (Lipinski definition) is 0. The van der Waals surface area contributed by atoms with Gasteiger partial charge in [0, 0.05) is 14.0 Å². The van der Waals surface area contributed by atoms with Gasteiger partial charge in [-0.25, -0.2) is 0 Å². The lowest BCUT2D eigenvalue weighted by Crippen LogP contribution is -3.00. The van der Waals surface area contributed by atoms with Gasteiger partial charge in [0.2, 0.25) is 0 Å². The van der Waals surface area contributed by atoms with Crippen molar-refractivity contribution >= 4 is 0 Å². The molecule has 0 aliphatic heterocycles. The van der Waals surface area contributed by atoms with Crippen LogP contribution in [0.3, 0.4) is 0 Å². The Kier molecular flexibility index (Phi) is 5.43. The maximum Gasteiger partial charge on any atom is 0.189 e. The molecule has 0 saturated heterocycles.